The molecule has 0 aliphatic heterocycles. The van der Waals surface area contributed by atoms with Gasteiger partial charge in [-0.05, 0) is 47.9 Å². The fraction of sp³-hybridized carbons (Fsp3) is 0.538. The van der Waals surface area contributed by atoms with Gasteiger partial charge in [-0.3, -0.25) is 13.6 Å². The van der Waals surface area contributed by atoms with Gasteiger partial charge >= 0.3 is 8.25 Å². The van der Waals surface area contributed by atoms with Crippen LogP contribution in [-0.4, -0.2) is 9.87 Å². The van der Waals surface area contributed by atoms with Crippen molar-refractivity contribution >= 4 is 31.8 Å². The van der Waals surface area contributed by atoms with Gasteiger partial charge in [0.1, 0.15) is 9.87 Å². The van der Waals surface area contributed by atoms with E-state index in [2.05, 4.69) is 79.7 Å². The van der Waals surface area contributed by atoms with Crippen LogP contribution in [0, 0.1) is 23.7 Å². The molecule has 0 aromatic heterocycles. The second-order valence-corrected chi connectivity index (χ2v) is 12.9. The Morgan fingerprint density at radius 1 is 0.594 bits per heavy atom. The molecule has 0 atom stereocenters. The van der Waals surface area contributed by atoms with Crippen LogP contribution < -0.4 is 0 Å². The van der Waals surface area contributed by atoms with E-state index in [-0.39, 0.29) is 23.7 Å². The van der Waals surface area contributed by atoms with Gasteiger partial charge in [0.15, 0.2) is 0 Å². The van der Waals surface area contributed by atoms with Crippen LogP contribution in [0.1, 0.15) is 55.4 Å². The van der Waals surface area contributed by atoms with E-state index < -0.39 is 18.1 Å². The van der Waals surface area contributed by atoms with Crippen molar-refractivity contribution in [2.24, 2.45) is 23.7 Å². The summed E-state index contributed by atoms with van der Waals surface area (Å²) in [6.07, 6.45) is 0. The zero-order valence-electron chi connectivity index (χ0n) is 20.6. The van der Waals surface area contributed by atoms with E-state index in [1.807, 2.05) is 36.4 Å². The van der Waals surface area contributed by atoms with Gasteiger partial charge in [0.2, 0.25) is 0 Å². The summed E-state index contributed by atoms with van der Waals surface area (Å²) in [5, 5.41) is 0. The predicted octanol–water partition coefficient (Wildman–Crippen LogP) is 9.01. The minimum Gasteiger partial charge on any atom is -0.292 e. The molecule has 0 aliphatic carbocycles. The molecule has 0 heterocycles. The first-order chi connectivity index (χ1) is 15.0. The fourth-order valence-electron chi connectivity index (χ4n) is 3.94. The average Bonchev–Trinajstić information content (AvgIpc) is 2.73. The van der Waals surface area contributed by atoms with Gasteiger partial charge in [0, 0.05) is 9.79 Å². The third-order valence-electron chi connectivity index (χ3n) is 5.75. The van der Waals surface area contributed by atoms with Crippen LogP contribution in [0.25, 0.3) is 0 Å². The molecule has 178 valence electrons. The van der Waals surface area contributed by atoms with Crippen molar-refractivity contribution in [2.45, 2.75) is 75.0 Å². The van der Waals surface area contributed by atoms with Crippen molar-refractivity contribution < 1.29 is 13.6 Å². The summed E-state index contributed by atoms with van der Waals surface area (Å²) in [7, 11) is -2.81. The summed E-state index contributed by atoms with van der Waals surface area (Å²) in [5.41, 5.74) is 0. The Kier molecular flexibility index (Phi) is 10.4. The van der Waals surface area contributed by atoms with Crippen LogP contribution in [0.4, 0.5) is 0 Å². The molecule has 0 bridgehead atoms. The van der Waals surface area contributed by atoms with Gasteiger partial charge < -0.3 is 0 Å². The summed E-state index contributed by atoms with van der Waals surface area (Å²) in [6.45, 7) is 17.0. The van der Waals surface area contributed by atoms with E-state index in [4.69, 9.17) is 9.05 Å². The molecular formula is C26H39O3PS2. The molecule has 0 saturated heterocycles. The zero-order chi connectivity index (χ0) is 23.9. The first-order valence-electron chi connectivity index (χ1n) is 11.4. The number of benzene rings is 2. The van der Waals surface area contributed by atoms with E-state index >= 15 is 0 Å². The average molecular weight is 495 g/mol. The van der Waals surface area contributed by atoms with Crippen LogP contribution in [0.2, 0.25) is 0 Å². The van der Waals surface area contributed by atoms with Crippen molar-refractivity contribution in [2.75, 3.05) is 0 Å². The zero-order valence-corrected chi connectivity index (χ0v) is 23.3. The van der Waals surface area contributed by atoms with Gasteiger partial charge in [-0.15, -0.1) is 0 Å². The molecule has 2 aromatic carbocycles. The highest BCUT2D eigenvalue weighted by Gasteiger charge is 2.46. The first kappa shape index (κ1) is 27.5. The van der Waals surface area contributed by atoms with E-state index in [0.717, 1.165) is 9.79 Å². The maximum absolute atomic E-state index is 13.6. The predicted molar refractivity (Wildman–Crippen MR) is 141 cm³/mol. The fourth-order valence-corrected chi connectivity index (χ4v) is 8.46. The molecule has 0 aliphatic rings. The molecule has 0 unspecified atom stereocenters. The molecule has 3 nitrogen and oxygen atoms in total. The highest BCUT2D eigenvalue weighted by Crippen LogP contribution is 2.55. The number of hydrogen-bond donors (Lipinski definition) is 0. The largest absolute Gasteiger partial charge is 0.321 e. The van der Waals surface area contributed by atoms with Crippen LogP contribution in [-0.2, 0) is 13.6 Å². The summed E-state index contributed by atoms with van der Waals surface area (Å²) >= 11 is 3.29. The van der Waals surface area contributed by atoms with E-state index in [9.17, 15) is 4.57 Å². The number of hydrogen-bond acceptors (Lipinski definition) is 5. The number of thioether (sulfide) groups is 2. The third kappa shape index (κ3) is 6.67. The lowest BCUT2D eigenvalue weighted by atomic mass is 9.95. The van der Waals surface area contributed by atoms with Crippen molar-refractivity contribution in [3.05, 3.63) is 60.7 Å². The molecule has 32 heavy (non-hydrogen) atoms. The Labute approximate surface area is 204 Å². The second kappa shape index (κ2) is 12.1. The lowest BCUT2D eigenvalue weighted by Gasteiger charge is -2.43. The highest BCUT2D eigenvalue weighted by atomic mass is 32.2. The highest BCUT2D eigenvalue weighted by molar-refractivity contribution is 8.01. The van der Waals surface area contributed by atoms with E-state index in [0.29, 0.717) is 0 Å². The summed E-state index contributed by atoms with van der Waals surface area (Å²) in [5.74, 6) is 0.554. The topological polar surface area (TPSA) is 35.5 Å². The first-order valence-corrected chi connectivity index (χ1v) is 14.3. The molecular weight excluding hydrogens is 455 g/mol. The van der Waals surface area contributed by atoms with Crippen molar-refractivity contribution in [3.63, 3.8) is 0 Å². The Hall–Kier alpha value is -0.710. The maximum Gasteiger partial charge on any atom is 0.321 e. The van der Waals surface area contributed by atoms with Gasteiger partial charge in [-0.1, -0.05) is 115 Å². The number of rotatable bonds is 12. The molecule has 2 aromatic rings. The molecule has 0 fully saturated rings. The lowest BCUT2D eigenvalue weighted by Crippen LogP contribution is -2.41. The van der Waals surface area contributed by atoms with Gasteiger partial charge in [0.05, 0.1) is 0 Å². The summed E-state index contributed by atoms with van der Waals surface area (Å²) < 4.78 is 26.5. The monoisotopic (exact) mass is 494 g/mol. The minimum absolute atomic E-state index is 0.138. The Balaban J connectivity index is 2.35. The van der Waals surface area contributed by atoms with Crippen LogP contribution in [0.3, 0.4) is 0 Å². The van der Waals surface area contributed by atoms with Crippen LogP contribution >= 0.6 is 31.8 Å². The van der Waals surface area contributed by atoms with E-state index in [1.165, 1.54) is 0 Å². The smallest absolute Gasteiger partial charge is 0.292 e. The Morgan fingerprint density at radius 3 is 1.12 bits per heavy atom. The molecule has 0 saturated carbocycles. The van der Waals surface area contributed by atoms with E-state index in [1.54, 1.807) is 23.5 Å². The van der Waals surface area contributed by atoms with Gasteiger partial charge in [-0.2, -0.15) is 0 Å². The van der Waals surface area contributed by atoms with Crippen molar-refractivity contribution in [3.8, 4) is 0 Å². The molecule has 0 N–H and O–H groups in total. The Morgan fingerprint density at radius 2 is 0.875 bits per heavy atom. The third-order valence-corrected chi connectivity index (χ3v) is 10.8. The molecule has 0 radical (unpaired) electrons. The Bertz CT molecular complexity index is 753. The lowest BCUT2D eigenvalue weighted by molar-refractivity contribution is 0.0150. The SMILES string of the molecule is CC(C)C(O[PH](=O)OC(Sc1ccccc1)(C(C)C)C(C)C)(Sc1ccccc1)C(C)C. The van der Waals surface area contributed by atoms with Crippen LogP contribution in [0.15, 0.2) is 70.5 Å². The molecule has 2 rings (SSSR count). The van der Waals surface area contributed by atoms with Gasteiger partial charge in [0.25, 0.3) is 0 Å². The van der Waals surface area contributed by atoms with Crippen LogP contribution in [0.5, 0.6) is 0 Å². The standard InChI is InChI=1S/C26H39O3PS2/c1-19(2)25(20(3)4,31-23-15-11-9-12-16-23)28-30(27)29-26(21(5)6,22(7)8)32-24-17-13-10-14-18-24/h9-22,30H,1-8H3. The molecule has 0 spiro atoms. The molecule has 6 heteroatoms. The van der Waals surface area contributed by atoms with Crippen molar-refractivity contribution in [1.82, 2.24) is 0 Å². The summed E-state index contributed by atoms with van der Waals surface area (Å²) in [6, 6.07) is 20.4. The summed E-state index contributed by atoms with van der Waals surface area (Å²) in [4.78, 5) is 0.882. The maximum atomic E-state index is 13.6. The minimum atomic E-state index is -2.81. The second-order valence-electron chi connectivity index (χ2n) is 9.35. The normalized spacial score (nSPS) is 13.2. The van der Waals surface area contributed by atoms with Gasteiger partial charge in [-0.25, -0.2) is 0 Å². The quantitative estimate of drug-likeness (QED) is 0.167. The van der Waals surface area contributed by atoms with Crippen molar-refractivity contribution in [1.29, 1.82) is 0 Å². The molecule has 0 amide bonds.